The van der Waals surface area contributed by atoms with Gasteiger partial charge in [0.25, 0.3) is 5.91 Å². The highest BCUT2D eigenvalue weighted by Crippen LogP contribution is 2.40. The quantitative estimate of drug-likeness (QED) is 0.0179. The molecular formula is C83H117N13O15S2. The number of carbonyl (C=O) groups excluding carboxylic acids is 13. The zero-order chi connectivity index (χ0) is 83.2. The van der Waals surface area contributed by atoms with Crippen molar-refractivity contribution in [2.75, 3.05) is 60.6 Å². The van der Waals surface area contributed by atoms with E-state index in [4.69, 9.17) is 9.57 Å². The van der Waals surface area contributed by atoms with Crippen molar-refractivity contribution in [3.63, 3.8) is 0 Å². The Bertz CT molecular complexity index is 3970. The van der Waals surface area contributed by atoms with Crippen LogP contribution in [-0.2, 0) is 86.4 Å². The zero-order valence-electron chi connectivity index (χ0n) is 68.4. The normalized spacial score (nSPS) is 18.7. The van der Waals surface area contributed by atoms with Crippen molar-refractivity contribution >= 4 is 98.4 Å². The van der Waals surface area contributed by atoms with Crippen molar-refractivity contribution in [2.24, 2.45) is 17.8 Å². The number of esters is 1. The Morgan fingerprint density at radius 1 is 0.593 bits per heavy atom. The van der Waals surface area contributed by atoms with Crippen LogP contribution in [0.15, 0.2) is 114 Å². The number of para-hydroxylation sites is 1. The number of likely N-dealkylation sites (N-methyl/N-ethyl adjacent to an activating group) is 5. The third kappa shape index (κ3) is 24.1. The molecule has 12 amide bonds. The summed E-state index contributed by atoms with van der Waals surface area (Å²) in [7, 11) is 10.2. The van der Waals surface area contributed by atoms with Gasteiger partial charge in [-0.3, -0.25) is 67.2 Å². The first-order valence-corrected chi connectivity index (χ1v) is 41.5. The summed E-state index contributed by atoms with van der Waals surface area (Å²) >= 11 is 0. The molecule has 3 aliphatic heterocycles. The van der Waals surface area contributed by atoms with Crippen LogP contribution in [0.3, 0.4) is 0 Å². The average molecular weight is 1600 g/mol. The van der Waals surface area contributed by atoms with Gasteiger partial charge in [0.2, 0.25) is 65.0 Å². The average Bonchev–Trinajstić information content (AvgIpc) is 1.61. The summed E-state index contributed by atoms with van der Waals surface area (Å²) in [5.41, 5.74) is 2.49. The van der Waals surface area contributed by atoms with Crippen LogP contribution in [0.25, 0.3) is 0 Å². The lowest BCUT2D eigenvalue weighted by molar-refractivity contribution is -0.189. The van der Waals surface area contributed by atoms with Gasteiger partial charge in [0.1, 0.15) is 72.3 Å². The Morgan fingerprint density at radius 2 is 1.18 bits per heavy atom. The van der Waals surface area contributed by atoms with E-state index in [0.717, 1.165) is 35.0 Å². The van der Waals surface area contributed by atoms with Gasteiger partial charge in [-0.1, -0.05) is 173 Å². The van der Waals surface area contributed by atoms with Crippen molar-refractivity contribution in [3.8, 4) is 5.75 Å². The number of benzene rings is 4. The minimum Gasteiger partial charge on any atom is -0.425 e. The predicted octanol–water partition coefficient (Wildman–Crippen LogP) is 5.66. The highest BCUT2D eigenvalue weighted by Gasteiger charge is 2.55. The topological polar surface area (TPSA) is 335 Å². The lowest BCUT2D eigenvalue weighted by Crippen LogP contribution is -2.61. The molecule has 3 fully saturated rings. The van der Waals surface area contributed by atoms with Crippen LogP contribution in [0.5, 0.6) is 5.75 Å². The lowest BCUT2D eigenvalue weighted by atomic mass is 9.96. The lowest BCUT2D eigenvalue weighted by Gasteiger charge is -2.37. The number of amides is 12. The summed E-state index contributed by atoms with van der Waals surface area (Å²) in [6, 6.07) is 18.0. The van der Waals surface area contributed by atoms with Crippen LogP contribution in [-0.4, -0.2) is 251 Å². The fourth-order valence-corrected chi connectivity index (χ4v) is 16.3. The van der Waals surface area contributed by atoms with Gasteiger partial charge < -0.3 is 66.0 Å². The van der Waals surface area contributed by atoms with Gasteiger partial charge in [0, 0.05) is 72.3 Å². The molecule has 3 saturated heterocycles. The molecule has 4 aromatic rings. The minimum atomic E-state index is -1.74. The van der Waals surface area contributed by atoms with E-state index in [-0.39, 0.29) is 55.6 Å². The van der Waals surface area contributed by atoms with Gasteiger partial charge in [-0.05, 0) is 120 Å². The Morgan fingerprint density at radius 3 is 1.74 bits per heavy atom. The standard InChI is InChI=1S/C83H117N13O15S2/c1-18-112-113-66-39-31-32-52(8)72(66)110-68(98)47-61(79(105)91(15)62(45-58-35-25-20-26-36-58)76(102)86-55(11)78(104)94-40-29-22-30-41-94)88-74(100)60(44-57-33-23-19-24-34-57)87-77(103)70(51(6)7)93(17)80(106)64(42-49(2)3)90(14)67(97)48-85-75(101)63(46-59-37-27-21-28-38-59)96-83(109)71(56(12)111-96)95-53(9)43-65(81(95)107)92(16)82(108)69(50(4)5)89-73(99)54(10)84-13/h19-21,23-28,31-39,49-51,53-56,60-65,69-71,84H,18,22,29-30,40-48H2,1-17H3,(H,85,101)(H,86,102)(H,87,103)(H,88,100)(H,89,99)/t53?,54-,55-,56+,60-,61-,62?,63-,64-,65-,69-,70-,71-/m0/s1. The molecule has 4 aromatic carbocycles. The maximum Gasteiger partial charge on any atom is 0.313 e. The number of likely N-dealkylation sites (tertiary alicyclic amines) is 2. The van der Waals surface area contributed by atoms with E-state index in [1.165, 1.54) is 69.4 Å². The highest BCUT2D eigenvalue weighted by molar-refractivity contribution is 8.76. The van der Waals surface area contributed by atoms with E-state index in [1.807, 2.05) is 26.8 Å². The monoisotopic (exact) mass is 1600 g/mol. The summed E-state index contributed by atoms with van der Waals surface area (Å²) in [5.74, 6) is -8.96. The van der Waals surface area contributed by atoms with E-state index in [2.05, 4.69) is 31.9 Å². The molecule has 13 atom stereocenters. The predicted molar refractivity (Wildman–Crippen MR) is 432 cm³/mol. The first-order valence-electron chi connectivity index (χ1n) is 39.1. The second-order valence-corrected chi connectivity index (χ2v) is 33.4. The largest absolute Gasteiger partial charge is 0.425 e. The van der Waals surface area contributed by atoms with Gasteiger partial charge in [-0.2, -0.15) is 0 Å². The fourth-order valence-electron chi connectivity index (χ4n) is 14.5. The van der Waals surface area contributed by atoms with Gasteiger partial charge in [0.15, 0.2) is 0 Å². The number of piperidine rings is 1. The molecule has 0 saturated carbocycles. The van der Waals surface area contributed by atoms with E-state index < -0.39 is 168 Å². The van der Waals surface area contributed by atoms with Crippen LogP contribution < -0.4 is 36.6 Å². The smallest absolute Gasteiger partial charge is 0.313 e. The number of aryl methyl sites for hydroxylation is 1. The molecular weight excluding hydrogens is 1480 g/mol. The second kappa shape index (κ2) is 42.6. The van der Waals surface area contributed by atoms with E-state index in [9.17, 15) is 43.2 Å². The molecule has 3 heterocycles. The van der Waals surface area contributed by atoms with Crippen LogP contribution >= 0.6 is 21.6 Å². The van der Waals surface area contributed by atoms with Crippen molar-refractivity contribution < 1.29 is 71.9 Å². The minimum absolute atomic E-state index is 0.0356. The molecule has 28 nitrogen and oxygen atoms in total. The summed E-state index contributed by atoms with van der Waals surface area (Å²) in [5, 5.41) is 17.8. The first kappa shape index (κ1) is 90.8. The molecule has 0 aromatic heterocycles. The molecule has 0 radical (unpaired) electrons. The SMILES string of the molecule is CCSSc1cccc(C)c1OC(=O)C[C@H](NC(=O)[C@H](Cc1ccccc1)NC(=O)[C@H](C(C)C)N(C)C(=O)[C@H](CC(C)C)N(C)C(=O)CNC(=O)[C@H](Cc1ccccc1)N1O[C@H](C)[C@H](N2C(=O)[C@@H](N(C)C(=O)[C@@H](NC(=O)[C@H](C)NC)C(C)C)CC2C)C1=O)C(=O)N(C)C(Cc1ccccc1)C(=O)N[C@@H](C)C(=O)N1CCCCC1. The molecule has 6 N–H and O–H groups in total. The number of hydrogen-bond acceptors (Lipinski definition) is 18. The van der Waals surface area contributed by atoms with Gasteiger partial charge >= 0.3 is 5.97 Å². The summed E-state index contributed by atoms with van der Waals surface area (Å²) < 4.78 is 6.08. The number of nitrogens with one attached hydrogen (secondary N) is 6. The van der Waals surface area contributed by atoms with Crippen LogP contribution in [0.2, 0.25) is 0 Å². The molecule has 0 aliphatic carbocycles. The number of hydroxylamine groups is 2. The summed E-state index contributed by atoms with van der Waals surface area (Å²) in [6.45, 7) is 21.4. The number of carbonyl (C=O) groups is 13. The number of hydrogen-bond donors (Lipinski definition) is 6. The maximum absolute atomic E-state index is 15.5. The van der Waals surface area contributed by atoms with Gasteiger partial charge in [-0.25, -0.2) is 5.06 Å². The van der Waals surface area contributed by atoms with E-state index in [0.29, 0.717) is 40.2 Å². The molecule has 30 heteroatoms. The number of rotatable bonds is 38. The maximum atomic E-state index is 15.5. The van der Waals surface area contributed by atoms with Crippen molar-refractivity contribution in [2.45, 2.75) is 224 Å². The van der Waals surface area contributed by atoms with Crippen LogP contribution in [0.4, 0.5) is 0 Å². The summed E-state index contributed by atoms with van der Waals surface area (Å²) in [6.07, 6.45) is 0.819. The third-order valence-corrected chi connectivity index (χ3v) is 23.5. The molecule has 0 spiro atoms. The molecule has 3 aliphatic rings. The van der Waals surface area contributed by atoms with Gasteiger partial charge in [-0.15, -0.1) is 0 Å². The van der Waals surface area contributed by atoms with Crippen molar-refractivity contribution in [1.82, 2.24) is 66.4 Å². The second-order valence-electron chi connectivity index (χ2n) is 30.8. The molecule has 2 unspecified atom stereocenters. The third-order valence-electron chi connectivity index (χ3n) is 21.1. The van der Waals surface area contributed by atoms with E-state index >= 15 is 19.2 Å². The van der Waals surface area contributed by atoms with Crippen LogP contribution in [0.1, 0.15) is 137 Å². The first-order chi connectivity index (χ1) is 53.6. The molecule has 113 heavy (non-hydrogen) atoms. The number of ether oxygens (including phenoxy) is 1. The fraction of sp³-hybridized carbons (Fsp3) is 0.554. The van der Waals surface area contributed by atoms with Crippen LogP contribution in [0, 0.1) is 24.7 Å². The molecule has 0 bridgehead atoms. The van der Waals surface area contributed by atoms with Crippen molar-refractivity contribution in [3.05, 3.63) is 131 Å². The van der Waals surface area contributed by atoms with Gasteiger partial charge in [0.05, 0.1) is 23.9 Å². The van der Waals surface area contributed by atoms with Crippen molar-refractivity contribution in [1.29, 1.82) is 0 Å². The highest BCUT2D eigenvalue weighted by atomic mass is 33.1. The summed E-state index contributed by atoms with van der Waals surface area (Å²) in [4.78, 5) is 205. The Hall–Kier alpha value is -9.39. The zero-order valence-corrected chi connectivity index (χ0v) is 70.0. The van der Waals surface area contributed by atoms with E-state index in [1.54, 1.807) is 177 Å². The molecule has 616 valence electrons. The Labute approximate surface area is 673 Å². The Kier molecular flexibility index (Phi) is 34.3. The number of nitrogens with zero attached hydrogens (tertiary/aromatic N) is 7. The Balaban J connectivity index is 1.12. The molecule has 7 rings (SSSR count).